The molecule has 1 amide bonds. The van der Waals surface area contributed by atoms with E-state index in [1.54, 1.807) is 13.8 Å². The van der Waals surface area contributed by atoms with Crippen molar-refractivity contribution in [3.05, 3.63) is 81.9 Å². The molecule has 8 nitrogen and oxygen atoms in total. The van der Waals surface area contributed by atoms with E-state index in [4.69, 9.17) is 0 Å². The standard InChI is InChI=1S/C28H27F5N4O4/c1-15-10-34-11-16(2)24(15)23(38)14-36(13-17-7-19(29)9-20(30)8-17)26(39)22-12-35-37(25(22)28(31,32)33)21-5-3-18(4-6-21)27(40)41/h7-12,18,21H,3-6,13-14H2,1-2H3,(H,40,41)/t18-,21-. The van der Waals surface area contributed by atoms with Gasteiger partial charge in [-0.05, 0) is 68.4 Å². The number of Topliss-reactive ketones (excluding diaryl/α,β-unsaturated/α-hetero) is 1. The zero-order valence-corrected chi connectivity index (χ0v) is 22.2. The van der Waals surface area contributed by atoms with Crippen molar-refractivity contribution < 1.29 is 41.4 Å². The van der Waals surface area contributed by atoms with Crippen molar-refractivity contribution in [2.45, 2.75) is 58.3 Å². The Labute approximate surface area is 231 Å². The van der Waals surface area contributed by atoms with Crippen molar-refractivity contribution in [1.29, 1.82) is 0 Å². The van der Waals surface area contributed by atoms with Gasteiger partial charge in [0, 0.05) is 30.6 Å². The second-order valence-corrected chi connectivity index (χ2v) is 10.2. The lowest BCUT2D eigenvalue weighted by atomic mass is 9.86. The molecular weight excluding hydrogens is 551 g/mol. The van der Waals surface area contributed by atoms with Crippen molar-refractivity contribution >= 4 is 17.7 Å². The van der Waals surface area contributed by atoms with E-state index in [1.807, 2.05) is 0 Å². The van der Waals surface area contributed by atoms with E-state index in [2.05, 4.69) is 10.1 Å². The number of alkyl halides is 3. The van der Waals surface area contributed by atoms with Crippen LogP contribution in [-0.4, -0.2) is 49.0 Å². The first kappa shape index (κ1) is 29.8. The van der Waals surface area contributed by atoms with Crippen LogP contribution in [0.3, 0.4) is 0 Å². The van der Waals surface area contributed by atoms with E-state index < -0.39 is 71.8 Å². The third kappa shape index (κ3) is 6.60. The van der Waals surface area contributed by atoms with Crippen LogP contribution in [0.4, 0.5) is 22.0 Å². The summed E-state index contributed by atoms with van der Waals surface area (Å²) in [6, 6.07) is 1.66. The minimum atomic E-state index is -5.02. The number of aryl methyl sites for hydroxylation is 2. The van der Waals surface area contributed by atoms with Crippen LogP contribution in [0, 0.1) is 31.4 Å². The Morgan fingerprint density at radius 3 is 2.10 bits per heavy atom. The molecular formula is C28H27F5N4O4. The van der Waals surface area contributed by atoms with Crippen LogP contribution in [0.25, 0.3) is 0 Å². The van der Waals surface area contributed by atoms with Gasteiger partial charge in [0.2, 0.25) is 0 Å². The van der Waals surface area contributed by atoms with Crippen LogP contribution in [0.15, 0.2) is 36.8 Å². The van der Waals surface area contributed by atoms with Crippen molar-refractivity contribution in [2.24, 2.45) is 5.92 Å². The molecule has 13 heteroatoms. The number of rotatable bonds is 8. The summed E-state index contributed by atoms with van der Waals surface area (Å²) >= 11 is 0. The van der Waals surface area contributed by atoms with Crippen molar-refractivity contribution in [2.75, 3.05) is 6.54 Å². The number of aliphatic carboxylic acids is 1. The molecule has 0 unspecified atom stereocenters. The number of aromatic nitrogens is 3. The monoisotopic (exact) mass is 578 g/mol. The van der Waals surface area contributed by atoms with E-state index in [0.717, 1.165) is 23.2 Å². The second-order valence-electron chi connectivity index (χ2n) is 10.2. The van der Waals surface area contributed by atoms with E-state index in [9.17, 15) is 41.4 Å². The molecule has 0 spiro atoms. The molecule has 1 aliphatic rings. The Bertz CT molecular complexity index is 1440. The Balaban J connectivity index is 1.73. The summed E-state index contributed by atoms with van der Waals surface area (Å²) < 4.78 is 71.7. The first-order chi connectivity index (χ1) is 19.3. The molecule has 0 radical (unpaired) electrons. The molecule has 1 fully saturated rings. The van der Waals surface area contributed by atoms with Crippen molar-refractivity contribution in [1.82, 2.24) is 19.7 Å². The van der Waals surface area contributed by atoms with Gasteiger partial charge in [-0.3, -0.25) is 24.0 Å². The zero-order chi connectivity index (χ0) is 30.1. The minimum Gasteiger partial charge on any atom is -0.481 e. The van der Waals surface area contributed by atoms with Gasteiger partial charge < -0.3 is 10.0 Å². The number of carbonyl (C=O) groups excluding carboxylic acids is 2. The fourth-order valence-electron chi connectivity index (χ4n) is 5.33. The molecule has 2 heterocycles. The lowest BCUT2D eigenvalue weighted by molar-refractivity contribution is -0.147. The van der Waals surface area contributed by atoms with Crippen LogP contribution >= 0.6 is 0 Å². The lowest BCUT2D eigenvalue weighted by Gasteiger charge is -2.28. The molecule has 0 saturated heterocycles. The molecule has 1 N–H and O–H groups in total. The summed E-state index contributed by atoms with van der Waals surface area (Å²) in [5, 5.41) is 13.1. The largest absolute Gasteiger partial charge is 0.481 e. The molecule has 0 bridgehead atoms. The van der Waals surface area contributed by atoms with Crippen molar-refractivity contribution in [3.8, 4) is 0 Å². The van der Waals surface area contributed by atoms with Gasteiger partial charge in [0.25, 0.3) is 5.91 Å². The number of nitrogens with zero attached hydrogens (tertiary/aromatic N) is 4. The smallest absolute Gasteiger partial charge is 0.433 e. The highest BCUT2D eigenvalue weighted by Gasteiger charge is 2.43. The number of carbonyl (C=O) groups is 3. The van der Waals surface area contributed by atoms with Gasteiger partial charge in [0.1, 0.15) is 11.6 Å². The first-order valence-electron chi connectivity index (χ1n) is 12.8. The number of pyridine rings is 1. The maximum Gasteiger partial charge on any atom is 0.433 e. The van der Waals surface area contributed by atoms with E-state index >= 15 is 0 Å². The summed E-state index contributed by atoms with van der Waals surface area (Å²) in [7, 11) is 0. The van der Waals surface area contributed by atoms with Crippen LogP contribution in [0.5, 0.6) is 0 Å². The van der Waals surface area contributed by atoms with Crippen molar-refractivity contribution in [3.63, 3.8) is 0 Å². The van der Waals surface area contributed by atoms with Gasteiger partial charge in [-0.15, -0.1) is 0 Å². The Kier molecular flexibility index (Phi) is 8.55. The SMILES string of the molecule is Cc1cncc(C)c1C(=O)CN(Cc1cc(F)cc(F)c1)C(=O)c1cnn([C@H]2CC[C@H](C(=O)O)CC2)c1C(F)(F)F. The minimum absolute atomic E-state index is 0.0697. The third-order valence-corrected chi connectivity index (χ3v) is 7.21. The fourth-order valence-corrected chi connectivity index (χ4v) is 5.33. The van der Waals surface area contributed by atoms with Crippen LogP contribution in [0.2, 0.25) is 0 Å². The molecule has 41 heavy (non-hydrogen) atoms. The molecule has 218 valence electrons. The predicted molar refractivity (Wildman–Crippen MR) is 135 cm³/mol. The zero-order valence-electron chi connectivity index (χ0n) is 22.2. The second kappa shape index (κ2) is 11.8. The quantitative estimate of drug-likeness (QED) is 0.278. The molecule has 1 saturated carbocycles. The molecule has 1 aliphatic carbocycles. The molecule has 2 aromatic heterocycles. The average Bonchev–Trinajstić information content (AvgIpc) is 3.33. The highest BCUT2D eigenvalue weighted by Crippen LogP contribution is 2.39. The summed E-state index contributed by atoms with van der Waals surface area (Å²) in [5.41, 5.74) is -1.03. The number of hydrogen-bond acceptors (Lipinski definition) is 5. The summed E-state index contributed by atoms with van der Waals surface area (Å²) in [6.07, 6.45) is -0.876. The van der Waals surface area contributed by atoms with Crippen LogP contribution in [0.1, 0.15) is 74.8 Å². The van der Waals surface area contributed by atoms with Gasteiger partial charge in [0.15, 0.2) is 11.5 Å². The van der Waals surface area contributed by atoms with E-state index in [-0.39, 0.29) is 36.8 Å². The predicted octanol–water partition coefficient (Wildman–Crippen LogP) is 5.53. The first-order valence-corrected chi connectivity index (χ1v) is 12.8. The molecule has 4 rings (SSSR count). The average molecular weight is 579 g/mol. The third-order valence-electron chi connectivity index (χ3n) is 7.21. The Morgan fingerprint density at radius 2 is 1.56 bits per heavy atom. The molecule has 0 aliphatic heterocycles. The summed E-state index contributed by atoms with van der Waals surface area (Å²) in [6.45, 7) is 1.99. The highest BCUT2D eigenvalue weighted by atomic mass is 19.4. The van der Waals surface area contributed by atoms with E-state index in [1.165, 1.54) is 12.4 Å². The topological polar surface area (TPSA) is 105 Å². The van der Waals surface area contributed by atoms with E-state index in [0.29, 0.717) is 21.9 Å². The molecule has 1 aromatic carbocycles. The normalized spacial score (nSPS) is 17.3. The van der Waals surface area contributed by atoms with Gasteiger partial charge in [0.05, 0.1) is 30.3 Å². The number of ketones is 1. The van der Waals surface area contributed by atoms with Gasteiger partial charge in [-0.1, -0.05) is 0 Å². The van der Waals surface area contributed by atoms with Gasteiger partial charge >= 0.3 is 12.1 Å². The number of halogens is 5. The molecule has 0 atom stereocenters. The Morgan fingerprint density at radius 1 is 0.976 bits per heavy atom. The highest BCUT2D eigenvalue weighted by molar-refractivity contribution is 6.04. The fraction of sp³-hybridized carbons (Fsp3) is 0.393. The number of carboxylic acids is 1. The van der Waals surface area contributed by atoms with Gasteiger partial charge in [-0.25, -0.2) is 8.78 Å². The lowest BCUT2D eigenvalue weighted by Crippen LogP contribution is -2.37. The number of benzene rings is 1. The number of amides is 1. The Hall–Kier alpha value is -4.16. The maximum atomic E-state index is 14.4. The summed E-state index contributed by atoms with van der Waals surface area (Å²) in [4.78, 5) is 43.1. The van der Waals surface area contributed by atoms with Gasteiger partial charge in [-0.2, -0.15) is 18.3 Å². The maximum absolute atomic E-state index is 14.4. The van der Waals surface area contributed by atoms with Crippen LogP contribution < -0.4 is 0 Å². The number of carboxylic acid groups (broad SMARTS) is 1. The van der Waals surface area contributed by atoms with Crippen LogP contribution in [-0.2, 0) is 17.5 Å². The summed E-state index contributed by atoms with van der Waals surface area (Å²) in [5.74, 6) is -5.42. The molecule has 3 aromatic rings. The number of hydrogen-bond donors (Lipinski definition) is 1.